The van der Waals surface area contributed by atoms with Crippen LogP contribution in [0, 0.1) is 13.8 Å². The predicted molar refractivity (Wildman–Crippen MR) is 46.4 cm³/mol. The van der Waals surface area contributed by atoms with Gasteiger partial charge in [0, 0.05) is 0 Å². The van der Waals surface area contributed by atoms with E-state index in [4.69, 9.17) is 6.77 Å². The van der Waals surface area contributed by atoms with Crippen LogP contribution in [-0.4, -0.2) is 26.4 Å². The molecule has 66 valence electrons. The molecule has 0 aromatic heterocycles. The second-order valence-electron chi connectivity index (χ2n) is 2.83. The van der Waals surface area contributed by atoms with Gasteiger partial charge >= 0.3 is 76.1 Å². The third-order valence-corrected chi connectivity index (χ3v) is 4.89. The van der Waals surface area contributed by atoms with Crippen LogP contribution in [0.3, 0.4) is 0 Å². The molecule has 0 heterocycles. The first-order chi connectivity index (χ1) is 5.41. The molecular weight excluding hydrogens is 266 g/mol. The van der Waals surface area contributed by atoms with E-state index in [9.17, 15) is 3.02 Å². The van der Waals surface area contributed by atoms with Crippen LogP contribution in [0.15, 0.2) is 18.2 Å². The van der Waals surface area contributed by atoms with Gasteiger partial charge in [-0.2, -0.15) is 0 Å². The van der Waals surface area contributed by atoms with Gasteiger partial charge < -0.3 is 0 Å². The van der Waals surface area contributed by atoms with Crippen LogP contribution in [0.1, 0.15) is 11.1 Å². The molecule has 0 saturated heterocycles. The third-order valence-electron chi connectivity index (χ3n) is 1.67. The van der Waals surface area contributed by atoms with Crippen molar-refractivity contribution in [3.05, 3.63) is 29.3 Å². The summed E-state index contributed by atoms with van der Waals surface area (Å²) < 4.78 is 29.1. The Morgan fingerprint density at radius 1 is 1.25 bits per heavy atom. The second kappa shape index (κ2) is 3.25. The van der Waals surface area contributed by atoms with E-state index >= 15 is 0 Å². The molecule has 0 spiro atoms. The maximum atomic E-state index is 10.9. The standard InChI is InChI=1S/C8H9.2H2O.O.Sb/c1-7-4-3-5-8(2)6-7;;;;/h3-4,6H,1-2H3;2*1H2;;/q;;;;+2/p-2. The van der Waals surface area contributed by atoms with Crippen molar-refractivity contribution in [3.8, 4) is 0 Å². The van der Waals surface area contributed by atoms with Crippen LogP contribution in [0.25, 0.3) is 0 Å². The van der Waals surface area contributed by atoms with E-state index in [0.717, 1.165) is 5.56 Å². The Morgan fingerprint density at radius 2 is 1.83 bits per heavy atom. The fourth-order valence-electron chi connectivity index (χ4n) is 1.13. The number of hydrogen-bond acceptors (Lipinski definition) is 1. The predicted octanol–water partition coefficient (Wildman–Crippen LogP) is -0.136. The van der Waals surface area contributed by atoms with Crippen molar-refractivity contribution in [2.45, 2.75) is 13.8 Å². The van der Waals surface area contributed by atoms with Crippen molar-refractivity contribution in [2.75, 3.05) is 0 Å². The van der Waals surface area contributed by atoms with Crippen LogP contribution < -0.4 is 3.51 Å². The molecule has 0 amide bonds. The monoisotopic (exact) mass is 276 g/mol. The SMILES string of the molecule is Cc1cc[c]([Sb](=[O])([OH])[OH])c(C)c1. The summed E-state index contributed by atoms with van der Waals surface area (Å²) >= 11 is -4.96. The molecule has 2 N–H and O–H groups in total. The van der Waals surface area contributed by atoms with Gasteiger partial charge in [0.2, 0.25) is 0 Å². The van der Waals surface area contributed by atoms with Gasteiger partial charge in [0.15, 0.2) is 0 Å². The Hall–Kier alpha value is -0.242. The Bertz CT molecular complexity index is 340. The molecule has 12 heavy (non-hydrogen) atoms. The summed E-state index contributed by atoms with van der Waals surface area (Å²) in [7, 11) is 0. The molecule has 0 bridgehead atoms. The van der Waals surface area contributed by atoms with Gasteiger partial charge in [0.25, 0.3) is 0 Å². The van der Waals surface area contributed by atoms with E-state index in [0.29, 0.717) is 5.56 Å². The molecule has 0 atom stereocenters. The van der Waals surface area contributed by atoms with E-state index in [1.54, 1.807) is 19.1 Å². The van der Waals surface area contributed by atoms with Gasteiger partial charge in [-0.25, -0.2) is 0 Å². The molecule has 1 aromatic carbocycles. The zero-order valence-corrected chi connectivity index (χ0v) is 9.53. The van der Waals surface area contributed by atoms with E-state index in [-0.39, 0.29) is 3.51 Å². The fourth-order valence-corrected chi connectivity index (χ4v) is 3.39. The second-order valence-corrected chi connectivity index (χ2v) is 7.31. The number of aryl methyl sites for hydroxylation is 2. The van der Waals surface area contributed by atoms with E-state index in [1.165, 1.54) is 6.07 Å². The fraction of sp³-hybridized carbons (Fsp3) is 0.250. The minimum atomic E-state index is -4.96. The van der Waals surface area contributed by atoms with Crippen molar-refractivity contribution < 1.29 is 9.79 Å². The minimum absolute atomic E-state index is 0.208. The molecule has 0 aliphatic carbocycles. The van der Waals surface area contributed by atoms with Gasteiger partial charge in [-0.1, -0.05) is 0 Å². The van der Waals surface area contributed by atoms with Gasteiger partial charge in [0.05, 0.1) is 0 Å². The topological polar surface area (TPSA) is 57.5 Å². The van der Waals surface area contributed by atoms with E-state index in [2.05, 4.69) is 0 Å². The van der Waals surface area contributed by atoms with Crippen molar-refractivity contribution in [3.63, 3.8) is 0 Å². The molecule has 4 heteroatoms. The average Bonchev–Trinajstić information content (AvgIpc) is 1.83. The van der Waals surface area contributed by atoms with Crippen molar-refractivity contribution >= 4 is 23.1 Å². The molecular formula is C8H11O3Sb. The number of rotatable bonds is 1. The zero-order valence-electron chi connectivity index (χ0n) is 6.98. The normalized spacial score (nSPS) is 11.7. The van der Waals surface area contributed by atoms with Gasteiger partial charge in [-0.3, -0.25) is 0 Å². The van der Waals surface area contributed by atoms with Crippen molar-refractivity contribution in [2.24, 2.45) is 0 Å². The summed E-state index contributed by atoms with van der Waals surface area (Å²) in [5.74, 6) is 0. The Labute approximate surface area is 76.2 Å². The average molecular weight is 277 g/mol. The summed E-state index contributed by atoms with van der Waals surface area (Å²) in [6.07, 6.45) is 0. The Balaban J connectivity index is 3.28. The van der Waals surface area contributed by atoms with Gasteiger partial charge in [-0.05, 0) is 0 Å². The summed E-state index contributed by atoms with van der Waals surface area (Å²) in [6.45, 7) is 3.61. The van der Waals surface area contributed by atoms with Crippen LogP contribution in [0.2, 0.25) is 0 Å². The van der Waals surface area contributed by atoms with Crippen LogP contribution >= 0.6 is 0 Å². The number of hydrogen-bond donors (Lipinski definition) is 2. The van der Waals surface area contributed by atoms with Gasteiger partial charge in [-0.15, -0.1) is 0 Å². The molecule has 0 unspecified atom stereocenters. The molecule has 0 aliphatic heterocycles. The first-order valence-corrected chi connectivity index (χ1v) is 8.15. The molecule has 0 radical (unpaired) electrons. The van der Waals surface area contributed by atoms with E-state index < -0.39 is 19.6 Å². The molecule has 0 fully saturated rings. The summed E-state index contributed by atoms with van der Waals surface area (Å²) in [5.41, 5.74) is 1.70. The number of benzene rings is 1. The molecule has 0 aliphatic rings. The Morgan fingerprint density at radius 3 is 2.25 bits per heavy atom. The summed E-state index contributed by atoms with van der Waals surface area (Å²) in [5, 5.41) is 0. The molecule has 3 nitrogen and oxygen atoms in total. The van der Waals surface area contributed by atoms with Gasteiger partial charge in [0.1, 0.15) is 0 Å². The van der Waals surface area contributed by atoms with Crippen LogP contribution in [0.4, 0.5) is 0 Å². The van der Waals surface area contributed by atoms with Crippen molar-refractivity contribution in [1.29, 1.82) is 0 Å². The molecule has 1 rings (SSSR count). The summed E-state index contributed by atoms with van der Waals surface area (Å²) in [6, 6.07) is 5.02. The van der Waals surface area contributed by atoms with Crippen LogP contribution in [-0.2, 0) is 3.02 Å². The first kappa shape index (κ1) is 9.84. The zero-order chi connectivity index (χ0) is 9.35. The van der Waals surface area contributed by atoms with Crippen LogP contribution in [0.5, 0.6) is 0 Å². The molecule has 0 saturated carbocycles. The van der Waals surface area contributed by atoms with Crippen molar-refractivity contribution in [1.82, 2.24) is 0 Å². The molecule has 1 aromatic rings. The summed E-state index contributed by atoms with van der Waals surface area (Å²) in [4.78, 5) is 0. The quantitative estimate of drug-likeness (QED) is 0.703. The maximum absolute atomic E-state index is 10.9. The third kappa shape index (κ3) is 2.13. The first-order valence-electron chi connectivity index (χ1n) is 3.54. The van der Waals surface area contributed by atoms with E-state index in [1.807, 2.05) is 6.92 Å². The Kier molecular flexibility index (Phi) is 2.66.